The average Bonchev–Trinajstić information content (AvgIpc) is 3.00. The molecule has 128 valence electrons. The van der Waals surface area contributed by atoms with Crippen molar-refractivity contribution in [2.45, 2.75) is 6.54 Å². The zero-order valence-corrected chi connectivity index (χ0v) is 14.9. The Hall–Kier alpha value is -3.18. The maximum Gasteiger partial charge on any atom is 0.184 e. The Morgan fingerprint density at radius 3 is 2.58 bits per heavy atom. The van der Waals surface area contributed by atoms with Gasteiger partial charge in [-0.1, -0.05) is 60.7 Å². The number of thiocarbonyl (C=S) groups is 1. The Labute approximate surface area is 156 Å². The largest absolute Gasteiger partial charge is 0.375 e. The second-order valence-corrected chi connectivity index (χ2v) is 6.54. The van der Waals surface area contributed by atoms with Gasteiger partial charge in [-0.3, -0.25) is 5.43 Å². The fourth-order valence-electron chi connectivity index (χ4n) is 3.29. The molecule has 0 amide bonds. The van der Waals surface area contributed by atoms with Gasteiger partial charge < -0.3 is 10.3 Å². The quantitative estimate of drug-likeness (QED) is 0.329. The molecule has 3 aromatic carbocycles. The molecule has 3 N–H and O–H groups in total. The molecule has 0 bridgehead atoms. The minimum Gasteiger partial charge on any atom is -0.375 e. The molecule has 0 radical (unpaired) electrons. The monoisotopic (exact) mass is 358 g/mol. The van der Waals surface area contributed by atoms with Crippen molar-refractivity contribution in [1.29, 1.82) is 0 Å². The molecule has 0 unspecified atom stereocenters. The summed E-state index contributed by atoms with van der Waals surface area (Å²) < 4.78 is 2.25. The minimum absolute atomic E-state index is 0.153. The van der Waals surface area contributed by atoms with Crippen molar-refractivity contribution in [3.63, 3.8) is 0 Å². The zero-order valence-electron chi connectivity index (χ0n) is 14.1. The highest BCUT2D eigenvalue weighted by atomic mass is 32.1. The van der Waals surface area contributed by atoms with E-state index in [-0.39, 0.29) is 5.11 Å². The van der Waals surface area contributed by atoms with Gasteiger partial charge in [0.25, 0.3) is 0 Å². The van der Waals surface area contributed by atoms with Gasteiger partial charge in [-0.05, 0) is 34.6 Å². The Morgan fingerprint density at radius 1 is 1.00 bits per heavy atom. The van der Waals surface area contributed by atoms with Crippen molar-refractivity contribution in [1.82, 2.24) is 9.99 Å². The van der Waals surface area contributed by atoms with E-state index >= 15 is 0 Å². The van der Waals surface area contributed by atoms with Crippen molar-refractivity contribution in [2.24, 2.45) is 10.8 Å². The van der Waals surface area contributed by atoms with Crippen LogP contribution >= 0.6 is 12.2 Å². The van der Waals surface area contributed by atoms with Crippen LogP contribution in [0.1, 0.15) is 11.1 Å². The highest BCUT2D eigenvalue weighted by Crippen LogP contribution is 2.24. The summed E-state index contributed by atoms with van der Waals surface area (Å²) in [4.78, 5) is 0. The number of rotatable bonds is 4. The van der Waals surface area contributed by atoms with Crippen LogP contribution in [-0.4, -0.2) is 15.9 Å². The predicted octanol–water partition coefficient (Wildman–Crippen LogP) is 4.01. The number of nitrogens with two attached hydrogens (primary N) is 1. The molecule has 4 aromatic rings. The van der Waals surface area contributed by atoms with Crippen LogP contribution in [0.5, 0.6) is 0 Å². The molecule has 0 fully saturated rings. The highest BCUT2D eigenvalue weighted by Gasteiger charge is 2.08. The number of nitrogens with one attached hydrogen (secondary N) is 1. The molecule has 4 rings (SSSR count). The zero-order chi connectivity index (χ0) is 17.9. The number of para-hydroxylation sites is 1. The van der Waals surface area contributed by atoms with Crippen molar-refractivity contribution in [3.8, 4) is 0 Å². The Morgan fingerprint density at radius 2 is 1.73 bits per heavy atom. The van der Waals surface area contributed by atoms with E-state index in [2.05, 4.69) is 82.0 Å². The summed E-state index contributed by atoms with van der Waals surface area (Å²) in [7, 11) is 0. The van der Waals surface area contributed by atoms with Gasteiger partial charge in [-0.25, -0.2) is 0 Å². The lowest BCUT2D eigenvalue weighted by Gasteiger charge is -2.09. The smallest absolute Gasteiger partial charge is 0.184 e. The maximum absolute atomic E-state index is 5.43. The molecule has 0 aliphatic heterocycles. The second-order valence-electron chi connectivity index (χ2n) is 6.10. The van der Waals surface area contributed by atoms with Crippen LogP contribution in [0.25, 0.3) is 21.7 Å². The normalized spacial score (nSPS) is 11.4. The van der Waals surface area contributed by atoms with Crippen LogP contribution in [0.15, 0.2) is 78.0 Å². The molecule has 0 aliphatic rings. The summed E-state index contributed by atoms with van der Waals surface area (Å²) in [6.45, 7) is 0.790. The van der Waals surface area contributed by atoms with E-state index in [1.54, 1.807) is 6.21 Å². The summed E-state index contributed by atoms with van der Waals surface area (Å²) in [6, 6.07) is 23.2. The number of aromatic nitrogens is 1. The van der Waals surface area contributed by atoms with Gasteiger partial charge in [-0.15, -0.1) is 0 Å². The fourth-order valence-corrected chi connectivity index (χ4v) is 3.34. The van der Waals surface area contributed by atoms with E-state index in [0.717, 1.165) is 23.0 Å². The van der Waals surface area contributed by atoms with Crippen molar-refractivity contribution in [2.75, 3.05) is 0 Å². The van der Waals surface area contributed by atoms with E-state index in [1.807, 2.05) is 6.07 Å². The van der Waals surface area contributed by atoms with Gasteiger partial charge in [0.15, 0.2) is 5.11 Å². The molecule has 0 atom stereocenters. The van der Waals surface area contributed by atoms with E-state index in [0.29, 0.717) is 0 Å². The van der Waals surface area contributed by atoms with Gasteiger partial charge in [0.05, 0.1) is 6.21 Å². The van der Waals surface area contributed by atoms with Gasteiger partial charge >= 0.3 is 0 Å². The van der Waals surface area contributed by atoms with Gasteiger partial charge in [0, 0.05) is 29.2 Å². The highest BCUT2D eigenvalue weighted by molar-refractivity contribution is 7.80. The topological polar surface area (TPSA) is 55.3 Å². The lowest BCUT2D eigenvalue weighted by atomic mass is 10.0. The van der Waals surface area contributed by atoms with Crippen LogP contribution in [0.2, 0.25) is 0 Å². The van der Waals surface area contributed by atoms with Gasteiger partial charge in [0.1, 0.15) is 0 Å². The number of hydrogen-bond acceptors (Lipinski definition) is 2. The molecule has 0 spiro atoms. The first-order chi connectivity index (χ1) is 12.7. The Bertz CT molecular complexity index is 1120. The molecule has 0 saturated heterocycles. The van der Waals surface area contributed by atoms with Crippen molar-refractivity contribution < 1.29 is 0 Å². The maximum atomic E-state index is 5.43. The Kier molecular flexibility index (Phi) is 4.37. The predicted molar refractivity (Wildman–Crippen MR) is 113 cm³/mol. The van der Waals surface area contributed by atoms with Crippen LogP contribution in [-0.2, 0) is 6.54 Å². The number of nitrogens with zero attached hydrogens (tertiary/aromatic N) is 2. The summed E-state index contributed by atoms with van der Waals surface area (Å²) in [5.41, 5.74) is 11.5. The summed E-state index contributed by atoms with van der Waals surface area (Å²) >= 11 is 4.79. The first-order valence-electron chi connectivity index (χ1n) is 8.35. The van der Waals surface area contributed by atoms with Gasteiger partial charge in [-0.2, -0.15) is 5.10 Å². The molecular weight excluding hydrogens is 340 g/mol. The van der Waals surface area contributed by atoms with E-state index in [1.165, 1.54) is 16.3 Å². The molecule has 0 aliphatic carbocycles. The van der Waals surface area contributed by atoms with Crippen molar-refractivity contribution >= 4 is 45.2 Å². The summed E-state index contributed by atoms with van der Waals surface area (Å²) in [5, 5.41) is 7.93. The van der Waals surface area contributed by atoms with E-state index in [4.69, 9.17) is 18.0 Å². The second kappa shape index (κ2) is 6.98. The first kappa shape index (κ1) is 16.3. The first-order valence-corrected chi connectivity index (χ1v) is 8.76. The average molecular weight is 358 g/mol. The third-order valence-corrected chi connectivity index (χ3v) is 4.51. The molecule has 5 heteroatoms. The molecule has 1 aromatic heterocycles. The van der Waals surface area contributed by atoms with Crippen LogP contribution in [0.3, 0.4) is 0 Å². The number of benzene rings is 3. The third kappa shape index (κ3) is 3.17. The van der Waals surface area contributed by atoms with Crippen LogP contribution in [0, 0.1) is 0 Å². The molecule has 1 heterocycles. The molecule has 4 nitrogen and oxygen atoms in total. The molecule has 0 saturated carbocycles. The van der Waals surface area contributed by atoms with E-state index < -0.39 is 0 Å². The number of fused-ring (bicyclic) bond motifs is 2. The minimum atomic E-state index is 0.153. The van der Waals surface area contributed by atoms with Crippen LogP contribution < -0.4 is 11.2 Å². The SMILES string of the molecule is NC(=S)N/N=C/c1cn(Cc2cccc3ccccc23)c2ccccc12. The number of hydrogen-bond donors (Lipinski definition) is 2. The fraction of sp³-hybridized carbons (Fsp3) is 0.0476. The van der Waals surface area contributed by atoms with Crippen LogP contribution in [0.4, 0.5) is 0 Å². The van der Waals surface area contributed by atoms with E-state index in [9.17, 15) is 0 Å². The molecular formula is C21H18N4S. The lowest BCUT2D eigenvalue weighted by Crippen LogP contribution is -2.23. The standard InChI is InChI=1S/C21H18N4S/c22-21(26)24-23-12-17-14-25(20-11-4-3-10-19(17)20)13-16-8-5-7-15-6-1-2-9-18(15)16/h1-12,14H,13H2,(H3,22,24,26)/b23-12+. The van der Waals surface area contributed by atoms with Gasteiger partial charge in [0.2, 0.25) is 0 Å². The summed E-state index contributed by atoms with van der Waals surface area (Å²) in [6.07, 6.45) is 3.86. The number of hydrazone groups is 1. The summed E-state index contributed by atoms with van der Waals surface area (Å²) in [5.74, 6) is 0. The third-order valence-electron chi connectivity index (χ3n) is 4.42. The molecule has 26 heavy (non-hydrogen) atoms. The lowest BCUT2D eigenvalue weighted by molar-refractivity contribution is 0.842. The Balaban J connectivity index is 1.77. The van der Waals surface area contributed by atoms with Crippen molar-refractivity contribution in [3.05, 3.63) is 84.1 Å².